The maximum Gasteiger partial charge on any atom is 0.242 e. The zero-order valence-electron chi connectivity index (χ0n) is 13.7. The first-order valence-corrected chi connectivity index (χ1v) is 7.73. The lowest BCUT2D eigenvalue weighted by atomic mass is 9.99. The second-order valence-electron chi connectivity index (χ2n) is 5.39. The summed E-state index contributed by atoms with van der Waals surface area (Å²) in [6.45, 7) is 2.01. The molecule has 0 spiro atoms. The molecule has 0 fully saturated rings. The van der Waals surface area contributed by atoms with Gasteiger partial charge in [0.2, 0.25) is 5.91 Å². The molecule has 0 saturated carbocycles. The molecular weight excluding hydrogens is 304 g/mol. The van der Waals surface area contributed by atoms with Crippen molar-refractivity contribution in [3.05, 3.63) is 53.6 Å². The fraction of sp³-hybridized carbons (Fsp3) is 0.263. The number of aromatic hydroxyl groups is 1. The highest BCUT2D eigenvalue weighted by Gasteiger charge is 2.20. The molecule has 2 N–H and O–H groups in total. The minimum atomic E-state index is -0.829. The number of aryl methyl sites for hydroxylation is 1. The summed E-state index contributed by atoms with van der Waals surface area (Å²) in [4.78, 5) is 12.4. The number of hydrogen-bond acceptors (Lipinski definition) is 4. The number of methoxy groups -OCH3 is 1. The normalized spacial score (nSPS) is 11.4. The molecule has 2 aromatic carbocycles. The number of para-hydroxylation sites is 1. The van der Waals surface area contributed by atoms with Crippen molar-refractivity contribution < 1.29 is 14.6 Å². The van der Waals surface area contributed by atoms with Gasteiger partial charge >= 0.3 is 0 Å². The Kier molecular flexibility index (Phi) is 5.80. The number of benzene rings is 2. The molecule has 24 heavy (non-hydrogen) atoms. The lowest BCUT2D eigenvalue weighted by molar-refractivity contribution is -0.118. The van der Waals surface area contributed by atoms with Crippen LogP contribution in [-0.4, -0.2) is 18.1 Å². The third kappa shape index (κ3) is 4.05. The number of hydrogen-bond donors (Lipinski definition) is 2. The molecule has 0 aliphatic heterocycles. The van der Waals surface area contributed by atoms with Gasteiger partial charge in [0.1, 0.15) is 5.92 Å². The van der Waals surface area contributed by atoms with Gasteiger partial charge in [0.25, 0.3) is 0 Å². The summed E-state index contributed by atoms with van der Waals surface area (Å²) in [5.41, 5.74) is 2.50. The van der Waals surface area contributed by atoms with Crippen molar-refractivity contribution in [2.24, 2.45) is 5.92 Å². The average molecular weight is 324 g/mol. The highest BCUT2D eigenvalue weighted by Crippen LogP contribution is 2.27. The monoisotopic (exact) mass is 324 g/mol. The van der Waals surface area contributed by atoms with E-state index in [1.54, 1.807) is 12.1 Å². The lowest BCUT2D eigenvalue weighted by Crippen LogP contribution is -2.24. The summed E-state index contributed by atoms with van der Waals surface area (Å²) < 4.78 is 5.05. The predicted molar refractivity (Wildman–Crippen MR) is 91.9 cm³/mol. The summed E-state index contributed by atoms with van der Waals surface area (Å²) in [6.07, 6.45) is 1.04. The molecule has 2 aromatic rings. The van der Waals surface area contributed by atoms with Crippen LogP contribution in [0.3, 0.4) is 0 Å². The van der Waals surface area contributed by atoms with Gasteiger partial charge in [0, 0.05) is 5.69 Å². The van der Waals surface area contributed by atoms with Crippen molar-refractivity contribution in [2.45, 2.75) is 19.8 Å². The van der Waals surface area contributed by atoms with Gasteiger partial charge in [0.15, 0.2) is 11.5 Å². The van der Waals surface area contributed by atoms with Crippen molar-refractivity contribution in [1.82, 2.24) is 0 Å². The van der Waals surface area contributed by atoms with E-state index >= 15 is 0 Å². The van der Waals surface area contributed by atoms with Crippen LogP contribution in [0.15, 0.2) is 42.5 Å². The van der Waals surface area contributed by atoms with E-state index in [0.717, 1.165) is 23.2 Å². The molecule has 0 saturated heterocycles. The highest BCUT2D eigenvalue weighted by atomic mass is 16.5. The van der Waals surface area contributed by atoms with Gasteiger partial charge in [0.05, 0.1) is 13.2 Å². The number of phenolic OH excluding ortho intramolecular Hbond substituents is 1. The van der Waals surface area contributed by atoms with Crippen LogP contribution in [0, 0.1) is 17.2 Å². The number of ether oxygens (including phenoxy) is 1. The molecule has 0 unspecified atom stereocenters. The van der Waals surface area contributed by atoms with Crippen LogP contribution in [0.5, 0.6) is 11.5 Å². The molecule has 1 atom stereocenters. The van der Waals surface area contributed by atoms with Gasteiger partial charge in [-0.25, -0.2) is 0 Å². The van der Waals surface area contributed by atoms with Crippen LogP contribution in [0.25, 0.3) is 0 Å². The Labute approximate surface area is 141 Å². The summed E-state index contributed by atoms with van der Waals surface area (Å²) in [5.74, 6) is -0.827. The number of rotatable bonds is 6. The fourth-order valence-electron chi connectivity index (χ4n) is 2.45. The number of nitriles is 1. The molecule has 0 heterocycles. The molecule has 0 aromatic heterocycles. The van der Waals surface area contributed by atoms with Crippen LogP contribution in [-0.2, 0) is 17.6 Å². The van der Waals surface area contributed by atoms with Crippen LogP contribution in [0.4, 0.5) is 5.69 Å². The van der Waals surface area contributed by atoms with Crippen LogP contribution in [0.1, 0.15) is 18.1 Å². The van der Waals surface area contributed by atoms with Crippen molar-refractivity contribution in [2.75, 3.05) is 12.4 Å². The van der Waals surface area contributed by atoms with Crippen LogP contribution < -0.4 is 10.1 Å². The Morgan fingerprint density at radius 2 is 2.08 bits per heavy atom. The summed E-state index contributed by atoms with van der Waals surface area (Å²) in [5, 5.41) is 21.8. The van der Waals surface area contributed by atoms with Gasteiger partial charge in [-0.15, -0.1) is 0 Å². The van der Waals surface area contributed by atoms with Gasteiger partial charge < -0.3 is 15.2 Å². The quantitative estimate of drug-likeness (QED) is 0.854. The zero-order chi connectivity index (χ0) is 17.5. The smallest absolute Gasteiger partial charge is 0.242 e. The Hall–Kier alpha value is -3.00. The number of nitrogens with one attached hydrogen (secondary N) is 1. The molecule has 0 aliphatic rings. The van der Waals surface area contributed by atoms with Gasteiger partial charge in [-0.05, 0) is 42.2 Å². The minimum absolute atomic E-state index is 0.0242. The van der Waals surface area contributed by atoms with Gasteiger partial charge in [-0.2, -0.15) is 5.26 Å². The molecule has 1 amide bonds. The maximum absolute atomic E-state index is 12.4. The average Bonchev–Trinajstić information content (AvgIpc) is 2.61. The second-order valence-corrected chi connectivity index (χ2v) is 5.39. The maximum atomic E-state index is 12.4. The molecule has 2 rings (SSSR count). The van der Waals surface area contributed by atoms with Crippen molar-refractivity contribution in [3.8, 4) is 17.6 Å². The third-order valence-electron chi connectivity index (χ3n) is 3.81. The van der Waals surface area contributed by atoms with Gasteiger partial charge in [-0.1, -0.05) is 31.2 Å². The summed E-state index contributed by atoms with van der Waals surface area (Å²) in [6, 6.07) is 14.4. The molecule has 0 aliphatic carbocycles. The fourth-order valence-corrected chi connectivity index (χ4v) is 2.45. The Bertz CT molecular complexity index is 765. The predicted octanol–water partition coefficient (Wildman–Crippen LogP) is 3.28. The Balaban J connectivity index is 2.13. The number of phenols is 1. The summed E-state index contributed by atoms with van der Waals surface area (Å²) >= 11 is 0. The molecular formula is C19H20N2O3. The number of nitrogens with zero attached hydrogens (tertiary/aromatic N) is 1. The first-order valence-electron chi connectivity index (χ1n) is 7.73. The number of amides is 1. The molecule has 0 bridgehead atoms. The number of carbonyl (C=O) groups is 1. The van der Waals surface area contributed by atoms with E-state index in [2.05, 4.69) is 5.32 Å². The van der Waals surface area contributed by atoms with Crippen molar-refractivity contribution >= 4 is 11.6 Å². The van der Waals surface area contributed by atoms with Gasteiger partial charge in [-0.3, -0.25) is 4.79 Å². The van der Waals surface area contributed by atoms with E-state index in [0.29, 0.717) is 5.75 Å². The molecule has 5 nitrogen and oxygen atoms in total. The summed E-state index contributed by atoms with van der Waals surface area (Å²) in [7, 11) is 1.45. The first-order chi connectivity index (χ1) is 11.6. The van der Waals surface area contributed by atoms with E-state index < -0.39 is 5.92 Å². The second kappa shape index (κ2) is 8.02. The van der Waals surface area contributed by atoms with E-state index in [1.807, 2.05) is 37.3 Å². The first kappa shape index (κ1) is 17.4. The van der Waals surface area contributed by atoms with Crippen molar-refractivity contribution in [3.63, 3.8) is 0 Å². The minimum Gasteiger partial charge on any atom is -0.504 e. The third-order valence-corrected chi connectivity index (χ3v) is 3.81. The molecule has 124 valence electrons. The topological polar surface area (TPSA) is 82.4 Å². The van der Waals surface area contributed by atoms with E-state index in [1.165, 1.54) is 13.2 Å². The standard InChI is InChI=1S/C19H20N2O3/c1-3-14-6-4-5-7-16(14)21-19(23)15(12-20)10-13-8-9-17(22)18(11-13)24-2/h4-9,11,15,22H,3,10H2,1-2H3,(H,21,23)/t15-/m0/s1. The van der Waals surface area contributed by atoms with E-state index in [9.17, 15) is 15.2 Å². The Morgan fingerprint density at radius 3 is 2.75 bits per heavy atom. The molecule has 0 radical (unpaired) electrons. The van der Waals surface area contributed by atoms with E-state index in [4.69, 9.17) is 4.74 Å². The van der Waals surface area contributed by atoms with E-state index in [-0.39, 0.29) is 18.1 Å². The zero-order valence-corrected chi connectivity index (χ0v) is 13.7. The van der Waals surface area contributed by atoms with Crippen molar-refractivity contribution in [1.29, 1.82) is 5.26 Å². The van der Waals surface area contributed by atoms with Crippen LogP contribution >= 0.6 is 0 Å². The molecule has 5 heteroatoms. The highest BCUT2D eigenvalue weighted by molar-refractivity contribution is 5.95. The number of carbonyl (C=O) groups excluding carboxylic acids is 1. The SMILES string of the molecule is CCc1ccccc1NC(=O)[C@H](C#N)Cc1ccc(O)c(OC)c1. The Morgan fingerprint density at radius 1 is 1.33 bits per heavy atom. The lowest BCUT2D eigenvalue weighted by Gasteiger charge is -2.13. The number of anilines is 1. The largest absolute Gasteiger partial charge is 0.504 e. The van der Waals surface area contributed by atoms with Crippen LogP contribution in [0.2, 0.25) is 0 Å².